The molecule has 0 saturated heterocycles. The summed E-state index contributed by atoms with van der Waals surface area (Å²) < 4.78 is 21.6. The molecule has 0 aliphatic heterocycles. The largest absolute Gasteiger partial charge is 0.405 e. The molecule has 0 aliphatic rings. The van der Waals surface area contributed by atoms with Gasteiger partial charge in [-0.15, -0.1) is 0 Å². The van der Waals surface area contributed by atoms with E-state index in [2.05, 4.69) is 6.58 Å². The van der Waals surface area contributed by atoms with Gasteiger partial charge >= 0.3 is 13.8 Å². The third-order valence-corrected chi connectivity index (χ3v) is 2.55. The van der Waals surface area contributed by atoms with E-state index in [1.54, 1.807) is 6.08 Å². The zero-order valence-corrected chi connectivity index (χ0v) is 8.55. The van der Waals surface area contributed by atoms with Crippen LogP contribution in [0.1, 0.15) is 13.8 Å². The highest BCUT2D eigenvalue weighted by Gasteiger charge is 2.29. The van der Waals surface area contributed by atoms with Crippen molar-refractivity contribution in [1.29, 1.82) is 0 Å². The van der Waals surface area contributed by atoms with E-state index in [1.165, 1.54) is 0 Å². The maximum absolute atomic E-state index is 11.4. The van der Waals surface area contributed by atoms with E-state index < -0.39 is 13.8 Å². The van der Waals surface area contributed by atoms with Gasteiger partial charge in [0.15, 0.2) is 6.16 Å². The van der Waals surface area contributed by atoms with Crippen LogP contribution < -0.4 is 0 Å². The van der Waals surface area contributed by atoms with Crippen LogP contribution in [0.3, 0.4) is 0 Å². The van der Waals surface area contributed by atoms with Crippen molar-refractivity contribution in [3.63, 3.8) is 0 Å². The molecule has 1 unspecified atom stereocenters. The van der Waals surface area contributed by atoms with Gasteiger partial charge in [-0.05, 0) is 19.9 Å². The molecule has 0 saturated carbocycles. The molecule has 0 N–H and O–H groups in total. The minimum absolute atomic E-state index is 0.444. The predicted octanol–water partition coefficient (Wildman–Crippen LogP) is 2.36. The fourth-order valence-corrected chi connectivity index (χ4v) is 1.77. The summed E-state index contributed by atoms with van der Waals surface area (Å²) in [6.45, 7) is 8.24. The van der Waals surface area contributed by atoms with Crippen LogP contribution in [0, 0.1) is 0 Å². The predicted molar refractivity (Wildman–Crippen MR) is 49.7 cm³/mol. The lowest BCUT2D eigenvalue weighted by Crippen LogP contribution is -2.13. The van der Waals surface area contributed by atoms with Gasteiger partial charge in [0.25, 0.3) is 0 Å². The van der Waals surface area contributed by atoms with E-state index in [9.17, 15) is 4.57 Å². The number of ether oxygens (including phenoxy) is 2. The molecule has 0 aromatic carbocycles. The van der Waals surface area contributed by atoms with Crippen LogP contribution in [0.25, 0.3) is 0 Å². The van der Waals surface area contributed by atoms with Gasteiger partial charge in [-0.3, -0.25) is 0 Å². The maximum Gasteiger partial charge on any atom is 0.405 e. The Bertz CT molecular complexity index is 141. The Morgan fingerprint density at radius 2 is 1.92 bits per heavy atom. The second-order valence-corrected chi connectivity index (χ2v) is 3.73. The molecular formula is C8H16O3P+. The Balaban J connectivity index is 3.89. The molecule has 4 heteroatoms. The highest BCUT2D eigenvalue weighted by Crippen LogP contribution is 2.29. The highest BCUT2D eigenvalue weighted by molar-refractivity contribution is 7.45. The lowest BCUT2D eigenvalue weighted by atomic mass is 10.8. The van der Waals surface area contributed by atoms with E-state index in [-0.39, 0.29) is 0 Å². The van der Waals surface area contributed by atoms with Crippen LogP contribution in [0.2, 0.25) is 0 Å². The lowest BCUT2D eigenvalue weighted by Gasteiger charge is -2.05. The number of allylic oxidation sites excluding steroid dienone is 1. The summed E-state index contributed by atoms with van der Waals surface area (Å²) in [5.41, 5.74) is 0. The monoisotopic (exact) mass is 191 g/mol. The molecule has 0 fully saturated rings. The zero-order valence-electron chi connectivity index (χ0n) is 7.66. The first kappa shape index (κ1) is 11.8. The fourth-order valence-electron chi connectivity index (χ4n) is 0.713. The first-order chi connectivity index (χ1) is 5.76. The molecule has 0 rings (SSSR count). The lowest BCUT2D eigenvalue weighted by molar-refractivity contribution is -0.0795. The van der Waals surface area contributed by atoms with Crippen molar-refractivity contribution in [3.05, 3.63) is 12.7 Å². The Labute approximate surface area is 74.5 Å². The quantitative estimate of drug-likeness (QED) is 0.352. The highest BCUT2D eigenvalue weighted by atomic mass is 31.1. The van der Waals surface area contributed by atoms with Crippen molar-refractivity contribution in [3.8, 4) is 0 Å². The summed E-state index contributed by atoms with van der Waals surface area (Å²) in [6.07, 6.45) is 2.06. The van der Waals surface area contributed by atoms with E-state index in [0.29, 0.717) is 19.4 Å². The molecule has 3 nitrogen and oxygen atoms in total. The van der Waals surface area contributed by atoms with Gasteiger partial charge in [0.1, 0.15) is 0 Å². The standard InChI is InChI=1S/C8H16O3P/c1-4-7-12(9)8(10-5-2)11-6-3/h4,8H,1,5-7H2,2-3H3/q+1. The third kappa shape index (κ3) is 4.60. The molecule has 0 aromatic rings. The number of rotatable bonds is 7. The molecule has 0 radical (unpaired) electrons. The van der Waals surface area contributed by atoms with Crippen LogP contribution in [-0.2, 0) is 14.0 Å². The fraction of sp³-hybridized carbons (Fsp3) is 0.750. The number of hydrogen-bond acceptors (Lipinski definition) is 3. The van der Waals surface area contributed by atoms with E-state index >= 15 is 0 Å². The van der Waals surface area contributed by atoms with Gasteiger partial charge in [-0.2, -0.15) is 0 Å². The van der Waals surface area contributed by atoms with Crippen LogP contribution in [0.4, 0.5) is 0 Å². The van der Waals surface area contributed by atoms with Gasteiger partial charge in [0.05, 0.1) is 13.2 Å². The van der Waals surface area contributed by atoms with E-state index in [1.807, 2.05) is 13.8 Å². The van der Waals surface area contributed by atoms with Crippen molar-refractivity contribution >= 4 is 7.80 Å². The van der Waals surface area contributed by atoms with E-state index in [0.717, 1.165) is 0 Å². The minimum Gasteiger partial charge on any atom is -0.313 e. The van der Waals surface area contributed by atoms with Gasteiger partial charge in [-0.1, -0.05) is 11.1 Å². The van der Waals surface area contributed by atoms with Gasteiger partial charge in [0, 0.05) is 0 Å². The van der Waals surface area contributed by atoms with Crippen molar-refractivity contribution in [1.82, 2.24) is 0 Å². The van der Waals surface area contributed by atoms with Crippen molar-refractivity contribution < 1.29 is 14.0 Å². The molecule has 0 aliphatic carbocycles. The van der Waals surface area contributed by atoms with Gasteiger partial charge < -0.3 is 9.47 Å². The SMILES string of the molecule is C=CC[P+](=O)C(OCC)OCC. The first-order valence-corrected chi connectivity index (χ1v) is 5.55. The molecule has 0 bridgehead atoms. The number of hydrogen-bond donors (Lipinski definition) is 0. The molecule has 12 heavy (non-hydrogen) atoms. The van der Waals surface area contributed by atoms with E-state index in [4.69, 9.17) is 9.47 Å². The van der Waals surface area contributed by atoms with Crippen molar-refractivity contribution in [2.75, 3.05) is 19.4 Å². The second-order valence-electron chi connectivity index (χ2n) is 2.11. The summed E-state index contributed by atoms with van der Waals surface area (Å²) in [4.78, 5) is 0. The average Bonchev–Trinajstić information content (AvgIpc) is 2.04. The van der Waals surface area contributed by atoms with Crippen LogP contribution in [-0.4, -0.2) is 25.4 Å². The Morgan fingerprint density at radius 3 is 2.25 bits per heavy atom. The Morgan fingerprint density at radius 1 is 1.42 bits per heavy atom. The molecule has 0 heterocycles. The molecule has 0 amide bonds. The normalized spacial score (nSPS) is 11.8. The second kappa shape index (κ2) is 7.41. The molecule has 0 spiro atoms. The van der Waals surface area contributed by atoms with Gasteiger partial charge in [0.2, 0.25) is 0 Å². The Hall–Kier alpha value is -0.240. The summed E-state index contributed by atoms with van der Waals surface area (Å²) in [6, 6.07) is -0.562. The average molecular weight is 191 g/mol. The zero-order chi connectivity index (χ0) is 9.40. The van der Waals surface area contributed by atoms with Crippen LogP contribution in [0.15, 0.2) is 12.7 Å². The van der Waals surface area contributed by atoms with Crippen LogP contribution >= 0.6 is 7.80 Å². The maximum atomic E-state index is 11.4. The van der Waals surface area contributed by atoms with Gasteiger partial charge in [-0.25, -0.2) is 0 Å². The first-order valence-electron chi connectivity index (χ1n) is 4.04. The summed E-state index contributed by atoms with van der Waals surface area (Å²) in [5.74, 6) is 0. The van der Waals surface area contributed by atoms with Crippen molar-refractivity contribution in [2.45, 2.75) is 19.9 Å². The third-order valence-electron chi connectivity index (χ3n) is 1.16. The summed E-state index contributed by atoms with van der Waals surface area (Å²) in [5, 5.41) is 0. The topological polar surface area (TPSA) is 35.5 Å². The smallest absolute Gasteiger partial charge is 0.313 e. The van der Waals surface area contributed by atoms with Crippen molar-refractivity contribution in [2.24, 2.45) is 0 Å². The molecule has 70 valence electrons. The minimum atomic E-state index is -1.47. The molecular weight excluding hydrogens is 175 g/mol. The van der Waals surface area contributed by atoms with Crippen LogP contribution in [0.5, 0.6) is 0 Å². The Kier molecular flexibility index (Phi) is 7.26. The molecule has 0 aromatic heterocycles. The summed E-state index contributed by atoms with van der Waals surface area (Å²) >= 11 is 0. The summed E-state index contributed by atoms with van der Waals surface area (Å²) in [7, 11) is -1.47. The molecule has 1 atom stereocenters.